The molecule has 0 bridgehead atoms. The van der Waals surface area contributed by atoms with Gasteiger partial charge in [0, 0.05) is 13.1 Å². The summed E-state index contributed by atoms with van der Waals surface area (Å²) in [4.78, 5) is 0. The fourth-order valence-electron chi connectivity index (χ4n) is 0.233. The third-order valence-electron chi connectivity index (χ3n) is 0.496. The van der Waals surface area contributed by atoms with Crippen LogP contribution in [0.25, 0.3) is 0 Å². The van der Waals surface area contributed by atoms with E-state index in [9.17, 15) is 0 Å². The first-order valence-electron chi connectivity index (χ1n) is 2.15. The Bertz CT molecular complexity index is 60.0. The lowest BCUT2D eigenvalue weighted by molar-refractivity contribution is 0.791. The highest BCUT2D eigenvalue weighted by atomic mass is 15.0. The van der Waals surface area contributed by atoms with Crippen molar-refractivity contribution < 1.29 is 0 Å². The number of hydrogen-bond donors (Lipinski definition) is 3. The maximum Gasteiger partial charge on any atom is 0.0886 e. The highest BCUT2D eigenvalue weighted by Gasteiger charge is 1.76. The molecule has 0 saturated carbocycles. The van der Waals surface area contributed by atoms with Gasteiger partial charge in [0.1, 0.15) is 0 Å². The van der Waals surface area contributed by atoms with Gasteiger partial charge in [0.15, 0.2) is 0 Å². The average molecular weight is 101 g/mol. The van der Waals surface area contributed by atoms with Gasteiger partial charge in [0.25, 0.3) is 0 Å². The maximum absolute atomic E-state index is 5.12. The Labute approximate surface area is 43.4 Å². The molecule has 7 heavy (non-hydrogen) atoms. The Balaban J connectivity index is 2.82. The van der Waals surface area contributed by atoms with E-state index in [0.717, 1.165) is 0 Å². The predicted molar refractivity (Wildman–Crippen MR) is 30.4 cm³/mol. The minimum Gasteiger partial charge on any atom is -0.386 e. The van der Waals surface area contributed by atoms with E-state index in [1.165, 1.54) is 0 Å². The van der Waals surface area contributed by atoms with E-state index in [1.54, 1.807) is 0 Å². The minimum atomic E-state index is 0.477. The predicted octanol–water partition coefficient (Wildman–Crippen LogP) is -1.04. The van der Waals surface area contributed by atoms with Crippen LogP contribution in [0.15, 0.2) is 12.4 Å². The summed E-state index contributed by atoms with van der Waals surface area (Å²) in [6.45, 7) is 4.70. The van der Waals surface area contributed by atoms with Crippen molar-refractivity contribution in [3.05, 3.63) is 12.4 Å². The molecule has 0 rings (SSSR count). The van der Waals surface area contributed by atoms with Crippen molar-refractivity contribution in [3.63, 3.8) is 0 Å². The first-order chi connectivity index (χ1) is 3.27. The highest BCUT2D eigenvalue weighted by molar-refractivity contribution is 4.81. The van der Waals surface area contributed by atoms with Crippen molar-refractivity contribution in [2.45, 2.75) is 0 Å². The second-order valence-electron chi connectivity index (χ2n) is 1.24. The van der Waals surface area contributed by atoms with Crippen molar-refractivity contribution in [2.24, 2.45) is 11.5 Å². The first-order valence-corrected chi connectivity index (χ1v) is 2.15. The molecule has 0 atom stereocenters. The molecule has 0 amide bonds. The van der Waals surface area contributed by atoms with Crippen LogP contribution in [0.3, 0.4) is 0 Å². The third kappa shape index (κ3) is 5.30. The monoisotopic (exact) mass is 101 g/mol. The van der Waals surface area contributed by atoms with Crippen LogP contribution in [0, 0.1) is 0 Å². The molecule has 0 aromatic carbocycles. The van der Waals surface area contributed by atoms with Crippen molar-refractivity contribution in [3.8, 4) is 0 Å². The fourth-order valence-corrected chi connectivity index (χ4v) is 0.233. The number of rotatable bonds is 3. The molecule has 0 aliphatic carbocycles. The molecular formula is C4H11N3. The van der Waals surface area contributed by atoms with Crippen LogP contribution in [0.1, 0.15) is 0 Å². The van der Waals surface area contributed by atoms with Gasteiger partial charge in [-0.3, -0.25) is 0 Å². The van der Waals surface area contributed by atoms with Gasteiger partial charge in [-0.25, -0.2) is 0 Å². The number of nitrogens with two attached hydrogens (primary N) is 2. The van der Waals surface area contributed by atoms with Crippen LogP contribution in [-0.2, 0) is 0 Å². The fraction of sp³-hybridized carbons (Fsp3) is 0.500. The van der Waals surface area contributed by atoms with Crippen LogP contribution in [0.2, 0.25) is 0 Å². The molecule has 0 radical (unpaired) electrons. The summed E-state index contributed by atoms with van der Waals surface area (Å²) >= 11 is 0. The lowest BCUT2D eigenvalue weighted by atomic mass is 10.6. The molecule has 0 aromatic rings. The molecule has 0 aliphatic rings. The number of nitrogens with one attached hydrogen (secondary N) is 1. The van der Waals surface area contributed by atoms with Gasteiger partial charge < -0.3 is 16.8 Å². The molecule has 3 nitrogen and oxygen atoms in total. The largest absolute Gasteiger partial charge is 0.386 e. The van der Waals surface area contributed by atoms with Crippen LogP contribution in [0.5, 0.6) is 0 Å². The van der Waals surface area contributed by atoms with E-state index in [2.05, 4.69) is 11.9 Å². The van der Waals surface area contributed by atoms with Gasteiger partial charge in [0.2, 0.25) is 0 Å². The molecule has 0 aliphatic heterocycles. The van der Waals surface area contributed by atoms with Gasteiger partial charge in [0.05, 0.1) is 5.82 Å². The van der Waals surface area contributed by atoms with Gasteiger partial charge in [-0.2, -0.15) is 0 Å². The van der Waals surface area contributed by atoms with Crippen LogP contribution in [-0.4, -0.2) is 13.1 Å². The topological polar surface area (TPSA) is 64.1 Å². The van der Waals surface area contributed by atoms with E-state index >= 15 is 0 Å². The van der Waals surface area contributed by atoms with Gasteiger partial charge in [-0.1, -0.05) is 6.58 Å². The van der Waals surface area contributed by atoms with Crippen molar-refractivity contribution in [1.82, 2.24) is 5.32 Å². The molecule has 0 unspecified atom stereocenters. The Hall–Kier alpha value is -0.700. The SMILES string of the molecule is C=C(N)NCCN. The van der Waals surface area contributed by atoms with Crippen LogP contribution < -0.4 is 16.8 Å². The normalized spacial score (nSPS) is 8.14. The van der Waals surface area contributed by atoms with E-state index in [1.807, 2.05) is 0 Å². The van der Waals surface area contributed by atoms with Crippen molar-refractivity contribution in [2.75, 3.05) is 13.1 Å². The second kappa shape index (κ2) is 3.49. The first kappa shape index (κ1) is 6.30. The van der Waals surface area contributed by atoms with E-state index in [-0.39, 0.29) is 0 Å². The van der Waals surface area contributed by atoms with Crippen LogP contribution >= 0.6 is 0 Å². The Morgan fingerprint density at radius 3 is 2.43 bits per heavy atom. The molecule has 5 N–H and O–H groups in total. The number of hydrogen-bond acceptors (Lipinski definition) is 3. The average Bonchev–Trinajstić information content (AvgIpc) is 1.61. The second-order valence-corrected chi connectivity index (χ2v) is 1.24. The molecule has 42 valence electrons. The lowest BCUT2D eigenvalue weighted by Gasteiger charge is -1.98. The maximum atomic E-state index is 5.12. The summed E-state index contributed by atoms with van der Waals surface area (Å²) in [5, 5.41) is 2.75. The summed E-state index contributed by atoms with van der Waals surface area (Å²) in [7, 11) is 0. The Kier molecular flexibility index (Phi) is 3.14. The highest BCUT2D eigenvalue weighted by Crippen LogP contribution is 1.60. The summed E-state index contributed by atoms with van der Waals surface area (Å²) < 4.78 is 0. The Morgan fingerprint density at radius 1 is 1.71 bits per heavy atom. The summed E-state index contributed by atoms with van der Waals surface area (Å²) in [5.74, 6) is 0.477. The zero-order valence-corrected chi connectivity index (χ0v) is 4.28. The lowest BCUT2D eigenvalue weighted by Crippen LogP contribution is -2.25. The molecule has 0 spiro atoms. The molecule has 0 aromatic heterocycles. The Morgan fingerprint density at radius 2 is 2.29 bits per heavy atom. The zero-order chi connectivity index (χ0) is 5.70. The van der Waals surface area contributed by atoms with Gasteiger partial charge in [-0.15, -0.1) is 0 Å². The zero-order valence-electron chi connectivity index (χ0n) is 4.28. The van der Waals surface area contributed by atoms with E-state index in [0.29, 0.717) is 18.9 Å². The smallest absolute Gasteiger partial charge is 0.0886 e. The molecular weight excluding hydrogens is 90.1 g/mol. The van der Waals surface area contributed by atoms with Crippen molar-refractivity contribution >= 4 is 0 Å². The molecule has 0 saturated heterocycles. The molecule has 0 heterocycles. The van der Waals surface area contributed by atoms with E-state index in [4.69, 9.17) is 11.5 Å². The minimum absolute atomic E-state index is 0.477. The third-order valence-corrected chi connectivity index (χ3v) is 0.496. The van der Waals surface area contributed by atoms with E-state index < -0.39 is 0 Å². The molecule has 3 heteroatoms. The van der Waals surface area contributed by atoms with Gasteiger partial charge >= 0.3 is 0 Å². The summed E-state index contributed by atoms with van der Waals surface area (Å²) in [5.41, 5.74) is 10.2. The van der Waals surface area contributed by atoms with Gasteiger partial charge in [-0.05, 0) is 0 Å². The molecule has 0 fully saturated rings. The summed E-state index contributed by atoms with van der Waals surface area (Å²) in [6, 6.07) is 0. The standard InChI is InChI=1S/C4H11N3/c1-4(6)7-3-2-5/h7H,1-3,5-6H2. The quantitative estimate of drug-likeness (QED) is 0.425. The summed E-state index contributed by atoms with van der Waals surface area (Å²) in [6.07, 6.45) is 0. The van der Waals surface area contributed by atoms with Crippen LogP contribution in [0.4, 0.5) is 0 Å². The van der Waals surface area contributed by atoms with Crippen molar-refractivity contribution in [1.29, 1.82) is 0 Å².